The summed E-state index contributed by atoms with van der Waals surface area (Å²) in [5.74, 6) is 0.564. The van der Waals surface area contributed by atoms with E-state index in [0.717, 1.165) is 5.56 Å². The molecule has 0 aliphatic heterocycles. The van der Waals surface area contributed by atoms with E-state index < -0.39 is 6.04 Å². The number of amides is 1. The molecule has 106 valence electrons. The summed E-state index contributed by atoms with van der Waals surface area (Å²) in [5, 5.41) is 6.95. The van der Waals surface area contributed by atoms with Crippen LogP contribution in [0.2, 0.25) is 0 Å². The average Bonchev–Trinajstić information content (AvgIpc) is 2.85. The summed E-state index contributed by atoms with van der Waals surface area (Å²) >= 11 is 0. The standard InChI is InChI=1S/C14H19N5O/c1-19-10-17-13(18-19)7-8-16-14(20)12(15)9-11-5-3-2-4-6-11/h2-6,10,12H,7-9,15H2,1H3,(H,16,20). The third kappa shape index (κ3) is 4.17. The summed E-state index contributed by atoms with van der Waals surface area (Å²) in [6.45, 7) is 0.491. The number of rotatable bonds is 6. The van der Waals surface area contributed by atoms with E-state index in [9.17, 15) is 4.79 Å². The molecular formula is C14H19N5O. The number of aryl methyl sites for hydroxylation is 1. The minimum atomic E-state index is -0.533. The fraction of sp³-hybridized carbons (Fsp3) is 0.357. The van der Waals surface area contributed by atoms with Gasteiger partial charge in [0.15, 0.2) is 5.82 Å². The first-order chi connectivity index (χ1) is 9.65. The molecule has 0 saturated heterocycles. The quantitative estimate of drug-likeness (QED) is 0.778. The lowest BCUT2D eigenvalue weighted by Gasteiger charge is -2.11. The summed E-state index contributed by atoms with van der Waals surface area (Å²) in [5.41, 5.74) is 6.94. The van der Waals surface area contributed by atoms with E-state index in [4.69, 9.17) is 5.73 Å². The fourth-order valence-corrected chi connectivity index (χ4v) is 1.89. The molecule has 1 amide bonds. The third-order valence-corrected chi connectivity index (χ3v) is 2.93. The Balaban J connectivity index is 1.74. The number of aromatic nitrogens is 3. The molecular weight excluding hydrogens is 254 g/mol. The van der Waals surface area contributed by atoms with Crippen LogP contribution in [0.25, 0.3) is 0 Å². The lowest BCUT2D eigenvalue weighted by Crippen LogP contribution is -2.42. The molecule has 0 aliphatic rings. The minimum absolute atomic E-state index is 0.148. The van der Waals surface area contributed by atoms with Gasteiger partial charge in [0.05, 0.1) is 6.04 Å². The van der Waals surface area contributed by atoms with Crippen molar-refractivity contribution in [1.29, 1.82) is 0 Å². The molecule has 6 heteroatoms. The monoisotopic (exact) mass is 273 g/mol. The van der Waals surface area contributed by atoms with Crippen LogP contribution in [0.3, 0.4) is 0 Å². The van der Waals surface area contributed by atoms with E-state index in [1.807, 2.05) is 37.4 Å². The first-order valence-electron chi connectivity index (χ1n) is 6.57. The van der Waals surface area contributed by atoms with Gasteiger partial charge >= 0.3 is 0 Å². The molecule has 0 spiro atoms. The second-order valence-corrected chi connectivity index (χ2v) is 4.67. The zero-order chi connectivity index (χ0) is 14.4. The molecule has 1 atom stereocenters. The Kier molecular flexibility index (Phi) is 4.84. The van der Waals surface area contributed by atoms with Crippen molar-refractivity contribution in [1.82, 2.24) is 20.1 Å². The SMILES string of the molecule is Cn1cnc(CCNC(=O)C(N)Cc2ccccc2)n1. The summed E-state index contributed by atoms with van der Waals surface area (Å²) in [7, 11) is 1.81. The van der Waals surface area contributed by atoms with E-state index in [1.54, 1.807) is 11.0 Å². The van der Waals surface area contributed by atoms with E-state index in [2.05, 4.69) is 15.4 Å². The van der Waals surface area contributed by atoms with Gasteiger partial charge < -0.3 is 11.1 Å². The first kappa shape index (κ1) is 14.2. The van der Waals surface area contributed by atoms with Gasteiger partial charge in [-0.2, -0.15) is 5.10 Å². The lowest BCUT2D eigenvalue weighted by atomic mass is 10.1. The topological polar surface area (TPSA) is 85.8 Å². The highest BCUT2D eigenvalue weighted by Gasteiger charge is 2.13. The number of carbonyl (C=O) groups excluding carboxylic acids is 1. The van der Waals surface area contributed by atoms with Crippen molar-refractivity contribution in [2.45, 2.75) is 18.9 Å². The maximum atomic E-state index is 11.9. The Morgan fingerprint density at radius 3 is 2.80 bits per heavy atom. The zero-order valence-corrected chi connectivity index (χ0v) is 11.5. The van der Waals surface area contributed by atoms with Gasteiger partial charge in [0.25, 0.3) is 0 Å². The van der Waals surface area contributed by atoms with Gasteiger partial charge in [-0.1, -0.05) is 30.3 Å². The number of benzene rings is 1. The Labute approximate surface area is 118 Å². The van der Waals surface area contributed by atoms with Gasteiger partial charge in [-0.25, -0.2) is 4.98 Å². The van der Waals surface area contributed by atoms with Gasteiger partial charge in [-0.05, 0) is 12.0 Å². The molecule has 1 aromatic carbocycles. The molecule has 0 bridgehead atoms. The number of hydrogen-bond acceptors (Lipinski definition) is 4. The second-order valence-electron chi connectivity index (χ2n) is 4.67. The smallest absolute Gasteiger partial charge is 0.237 e. The average molecular weight is 273 g/mol. The fourth-order valence-electron chi connectivity index (χ4n) is 1.89. The molecule has 2 aromatic rings. The molecule has 0 aliphatic carbocycles. The van der Waals surface area contributed by atoms with Crippen LogP contribution >= 0.6 is 0 Å². The number of carbonyl (C=O) groups is 1. The zero-order valence-electron chi connectivity index (χ0n) is 11.5. The highest BCUT2D eigenvalue weighted by molar-refractivity contribution is 5.81. The number of nitrogens with two attached hydrogens (primary N) is 1. The molecule has 6 nitrogen and oxygen atoms in total. The van der Waals surface area contributed by atoms with Crippen LogP contribution < -0.4 is 11.1 Å². The van der Waals surface area contributed by atoms with Crippen LogP contribution in [0, 0.1) is 0 Å². The Morgan fingerprint density at radius 2 is 2.15 bits per heavy atom. The molecule has 0 fully saturated rings. The van der Waals surface area contributed by atoms with Gasteiger partial charge in [-0.15, -0.1) is 0 Å². The van der Waals surface area contributed by atoms with E-state index >= 15 is 0 Å². The highest BCUT2D eigenvalue weighted by atomic mass is 16.2. The second kappa shape index (κ2) is 6.81. The highest BCUT2D eigenvalue weighted by Crippen LogP contribution is 2.01. The van der Waals surface area contributed by atoms with Crippen LogP contribution in [0.1, 0.15) is 11.4 Å². The van der Waals surface area contributed by atoms with E-state index in [0.29, 0.717) is 25.2 Å². The van der Waals surface area contributed by atoms with Crippen molar-refractivity contribution < 1.29 is 4.79 Å². The van der Waals surface area contributed by atoms with Gasteiger partial charge in [0, 0.05) is 20.0 Å². The predicted molar refractivity (Wildman–Crippen MR) is 75.8 cm³/mol. The predicted octanol–water partition coefficient (Wildman–Crippen LogP) is 0.0438. The van der Waals surface area contributed by atoms with Crippen molar-refractivity contribution in [3.8, 4) is 0 Å². The van der Waals surface area contributed by atoms with Crippen molar-refractivity contribution in [3.63, 3.8) is 0 Å². The van der Waals surface area contributed by atoms with Gasteiger partial charge in [0.1, 0.15) is 6.33 Å². The Hall–Kier alpha value is -2.21. The molecule has 1 unspecified atom stereocenters. The molecule has 0 saturated carbocycles. The van der Waals surface area contributed by atoms with E-state index in [-0.39, 0.29) is 5.91 Å². The number of nitrogens with zero attached hydrogens (tertiary/aromatic N) is 3. The molecule has 3 N–H and O–H groups in total. The van der Waals surface area contributed by atoms with Crippen molar-refractivity contribution in [3.05, 3.63) is 48.0 Å². The lowest BCUT2D eigenvalue weighted by molar-refractivity contribution is -0.122. The van der Waals surface area contributed by atoms with Crippen molar-refractivity contribution in [2.75, 3.05) is 6.54 Å². The van der Waals surface area contributed by atoms with Crippen molar-refractivity contribution >= 4 is 5.91 Å². The maximum Gasteiger partial charge on any atom is 0.237 e. The summed E-state index contributed by atoms with van der Waals surface area (Å²) in [6, 6.07) is 9.21. The number of nitrogens with one attached hydrogen (secondary N) is 1. The Bertz CT molecular complexity index is 552. The van der Waals surface area contributed by atoms with Gasteiger partial charge in [0.2, 0.25) is 5.91 Å². The van der Waals surface area contributed by atoms with E-state index in [1.165, 1.54) is 0 Å². The molecule has 1 aromatic heterocycles. The van der Waals surface area contributed by atoms with Crippen LogP contribution in [0.5, 0.6) is 0 Å². The molecule has 0 radical (unpaired) electrons. The summed E-state index contributed by atoms with van der Waals surface area (Å²) < 4.78 is 1.64. The minimum Gasteiger partial charge on any atom is -0.354 e. The van der Waals surface area contributed by atoms with Crippen LogP contribution in [-0.4, -0.2) is 33.3 Å². The third-order valence-electron chi connectivity index (χ3n) is 2.93. The largest absolute Gasteiger partial charge is 0.354 e. The molecule has 2 rings (SSSR count). The number of hydrogen-bond donors (Lipinski definition) is 2. The molecule has 20 heavy (non-hydrogen) atoms. The summed E-state index contributed by atoms with van der Waals surface area (Å²) in [4.78, 5) is 16.0. The molecule has 1 heterocycles. The normalized spacial score (nSPS) is 12.1. The first-order valence-corrected chi connectivity index (χ1v) is 6.57. The van der Waals surface area contributed by atoms with Crippen LogP contribution in [0.4, 0.5) is 0 Å². The maximum absolute atomic E-state index is 11.9. The van der Waals surface area contributed by atoms with Crippen LogP contribution in [0.15, 0.2) is 36.7 Å². The Morgan fingerprint density at radius 1 is 1.40 bits per heavy atom. The van der Waals surface area contributed by atoms with Gasteiger partial charge in [-0.3, -0.25) is 9.48 Å². The summed E-state index contributed by atoms with van der Waals surface area (Å²) in [6.07, 6.45) is 2.78. The van der Waals surface area contributed by atoms with Crippen LogP contribution in [-0.2, 0) is 24.7 Å². The van der Waals surface area contributed by atoms with Crippen molar-refractivity contribution in [2.24, 2.45) is 12.8 Å².